The van der Waals surface area contributed by atoms with Gasteiger partial charge >= 0.3 is 0 Å². The van der Waals surface area contributed by atoms with Gasteiger partial charge in [0, 0.05) is 29.7 Å². The van der Waals surface area contributed by atoms with E-state index in [1.807, 2.05) is 18.6 Å². The zero-order valence-electron chi connectivity index (χ0n) is 9.58. The van der Waals surface area contributed by atoms with Crippen LogP contribution in [0.4, 0.5) is 0 Å². The highest BCUT2D eigenvalue weighted by Gasteiger charge is 2.15. The number of nitrogens with one attached hydrogen (secondary N) is 1. The molecule has 1 fully saturated rings. The van der Waals surface area contributed by atoms with E-state index in [9.17, 15) is 0 Å². The number of piperidine rings is 1. The molecule has 3 rings (SSSR count). The quantitative estimate of drug-likeness (QED) is 0.842. The Bertz CT molecular complexity index is 473. The zero-order valence-corrected chi connectivity index (χ0v) is 9.58. The molecule has 0 amide bonds. The molecule has 0 aliphatic carbocycles. The molecule has 1 aliphatic heterocycles. The smallest absolute Gasteiger partial charge is 0.115 e. The summed E-state index contributed by atoms with van der Waals surface area (Å²) in [6.07, 6.45) is 11.4. The van der Waals surface area contributed by atoms with Crippen LogP contribution in [0.3, 0.4) is 0 Å². The highest BCUT2D eigenvalue weighted by molar-refractivity contribution is 5.59. The van der Waals surface area contributed by atoms with Gasteiger partial charge in [-0.3, -0.25) is 4.68 Å². The molecule has 2 aromatic heterocycles. The Hall–Kier alpha value is -1.75. The van der Waals surface area contributed by atoms with Crippen molar-refractivity contribution in [2.24, 2.45) is 0 Å². The monoisotopic (exact) mass is 229 g/mol. The van der Waals surface area contributed by atoms with Crippen molar-refractivity contribution >= 4 is 0 Å². The molecule has 5 nitrogen and oxygen atoms in total. The van der Waals surface area contributed by atoms with E-state index in [-0.39, 0.29) is 0 Å². The van der Waals surface area contributed by atoms with Gasteiger partial charge in [0.15, 0.2) is 0 Å². The number of rotatable bonds is 2. The van der Waals surface area contributed by atoms with Gasteiger partial charge in [0.1, 0.15) is 6.33 Å². The van der Waals surface area contributed by atoms with Crippen LogP contribution in [0.25, 0.3) is 11.1 Å². The van der Waals surface area contributed by atoms with E-state index in [0.29, 0.717) is 6.04 Å². The fourth-order valence-corrected chi connectivity index (χ4v) is 2.21. The van der Waals surface area contributed by atoms with Crippen LogP contribution in [-0.2, 0) is 0 Å². The summed E-state index contributed by atoms with van der Waals surface area (Å²) in [7, 11) is 0. The Morgan fingerprint density at radius 1 is 1.06 bits per heavy atom. The van der Waals surface area contributed by atoms with Crippen molar-refractivity contribution < 1.29 is 0 Å². The molecule has 1 N–H and O–H groups in total. The molecule has 0 atom stereocenters. The van der Waals surface area contributed by atoms with Crippen molar-refractivity contribution in [3.05, 3.63) is 31.1 Å². The Morgan fingerprint density at radius 2 is 1.82 bits per heavy atom. The van der Waals surface area contributed by atoms with Gasteiger partial charge in [0.05, 0.1) is 12.2 Å². The molecule has 0 unspecified atom stereocenters. The Kier molecular flexibility index (Phi) is 2.83. The minimum atomic E-state index is 0.523. The second-order valence-corrected chi connectivity index (χ2v) is 4.32. The molecule has 1 aliphatic rings. The molecule has 2 aromatic rings. The van der Waals surface area contributed by atoms with Gasteiger partial charge < -0.3 is 5.32 Å². The minimum Gasteiger partial charge on any atom is -0.317 e. The summed E-state index contributed by atoms with van der Waals surface area (Å²) < 4.78 is 2.07. The first-order valence-electron chi connectivity index (χ1n) is 5.94. The average molecular weight is 229 g/mol. The summed E-state index contributed by atoms with van der Waals surface area (Å²) in [5, 5.41) is 7.81. The lowest BCUT2D eigenvalue weighted by atomic mass is 10.1. The van der Waals surface area contributed by atoms with Crippen molar-refractivity contribution in [3.63, 3.8) is 0 Å². The fraction of sp³-hybridized carbons (Fsp3) is 0.417. The van der Waals surface area contributed by atoms with Crippen molar-refractivity contribution in [3.8, 4) is 11.1 Å². The zero-order chi connectivity index (χ0) is 11.5. The van der Waals surface area contributed by atoms with E-state index >= 15 is 0 Å². The molecular weight excluding hydrogens is 214 g/mol. The van der Waals surface area contributed by atoms with Gasteiger partial charge in [0.25, 0.3) is 0 Å². The second-order valence-electron chi connectivity index (χ2n) is 4.32. The van der Waals surface area contributed by atoms with Crippen LogP contribution in [0.15, 0.2) is 31.1 Å². The third-order valence-corrected chi connectivity index (χ3v) is 3.18. The van der Waals surface area contributed by atoms with Crippen LogP contribution in [0.5, 0.6) is 0 Å². The second kappa shape index (κ2) is 4.63. The van der Waals surface area contributed by atoms with Crippen molar-refractivity contribution in [1.82, 2.24) is 25.1 Å². The lowest BCUT2D eigenvalue weighted by molar-refractivity contribution is 0.343. The Labute approximate surface area is 99.9 Å². The molecular formula is C12H15N5. The average Bonchev–Trinajstić information content (AvgIpc) is 2.90. The molecule has 1 saturated heterocycles. The first kappa shape index (κ1) is 10.4. The van der Waals surface area contributed by atoms with Crippen LogP contribution in [0, 0.1) is 0 Å². The van der Waals surface area contributed by atoms with Gasteiger partial charge in [-0.1, -0.05) is 0 Å². The van der Waals surface area contributed by atoms with E-state index in [4.69, 9.17) is 0 Å². The van der Waals surface area contributed by atoms with Crippen LogP contribution < -0.4 is 5.32 Å². The van der Waals surface area contributed by atoms with Crippen LogP contribution in [0.1, 0.15) is 18.9 Å². The molecule has 0 saturated carbocycles. The molecule has 17 heavy (non-hydrogen) atoms. The summed E-state index contributed by atoms with van der Waals surface area (Å²) in [5.74, 6) is 0. The summed E-state index contributed by atoms with van der Waals surface area (Å²) in [6, 6.07) is 0.523. The first-order valence-corrected chi connectivity index (χ1v) is 5.94. The maximum absolute atomic E-state index is 4.45. The number of hydrogen-bond donors (Lipinski definition) is 1. The van der Waals surface area contributed by atoms with Gasteiger partial charge in [-0.2, -0.15) is 5.10 Å². The molecule has 88 valence electrons. The molecule has 5 heteroatoms. The van der Waals surface area contributed by atoms with Crippen LogP contribution in [-0.4, -0.2) is 32.8 Å². The molecule has 0 aromatic carbocycles. The minimum absolute atomic E-state index is 0.523. The SMILES string of the molecule is c1ncc(-c2cnn(C3CCNCC3)c2)cn1. The standard InChI is InChI=1S/C12H15N5/c1-3-13-4-2-12(1)17-8-11(7-16-17)10-5-14-9-15-6-10/h5-9,12-13H,1-4H2. The van der Waals surface area contributed by atoms with Gasteiger partial charge in [0.2, 0.25) is 0 Å². The van der Waals surface area contributed by atoms with Gasteiger partial charge in [-0.15, -0.1) is 0 Å². The van der Waals surface area contributed by atoms with E-state index < -0.39 is 0 Å². The van der Waals surface area contributed by atoms with Crippen molar-refractivity contribution in [1.29, 1.82) is 0 Å². The molecule has 3 heterocycles. The van der Waals surface area contributed by atoms with Crippen molar-refractivity contribution in [2.75, 3.05) is 13.1 Å². The lowest BCUT2D eigenvalue weighted by Gasteiger charge is -2.22. The highest BCUT2D eigenvalue weighted by atomic mass is 15.3. The summed E-state index contributed by atoms with van der Waals surface area (Å²) >= 11 is 0. The maximum Gasteiger partial charge on any atom is 0.115 e. The summed E-state index contributed by atoms with van der Waals surface area (Å²) in [5.41, 5.74) is 2.11. The number of hydrogen-bond acceptors (Lipinski definition) is 4. The van der Waals surface area contributed by atoms with E-state index in [1.165, 1.54) is 0 Å². The lowest BCUT2D eigenvalue weighted by Crippen LogP contribution is -2.29. The van der Waals surface area contributed by atoms with Crippen molar-refractivity contribution in [2.45, 2.75) is 18.9 Å². The topological polar surface area (TPSA) is 55.6 Å². The maximum atomic E-state index is 4.45. The molecule has 0 bridgehead atoms. The van der Waals surface area contributed by atoms with Crippen LogP contribution >= 0.6 is 0 Å². The third-order valence-electron chi connectivity index (χ3n) is 3.18. The molecule has 0 spiro atoms. The fourth-order valence-electron chi connectivity index (χ4n) is 2.21. The first-order chi connectivity index (χ1) is 8.43. The van der Waals surface area contributed by atoms with Crippen LogP contribution in [0.2, 0.25) is 0 Å². The number of aromatic nitrogens is 4. The normalized spacial score (nSPS) is 17.2. The molecule has 0 radical (unpaired) electrons. The predicted octanol–water partition coefficient (Wildman–Crippen LogP) is 1.26. The summed E-state index contributed by atoms with van der Waals surface area (Å²) in [6.45, 7) is 2.16. The van der Waals surface area contributed by atoms with E-state index in [0.717, 1.165) is 37.1 Å². The van der Waals surface area contributed by atoms with Gasteiger partial charge in [-0.25, -0.2) is 9.97 Å². The predicted molar refractivity (Wildman–Crippen MR) is 64.4 cm³/mol. The Morgan fingerprint density at radius 3 is 2.59 bits per heavy atom. The van der Waals surface area contributed by atoms with E-state index in [2.05, 4.69) is 31.3 Å². The van der Waals surface area contributed by atoms with Gasteiger partial charge in [-0.05, 0) is 25.9 Å². The third kappa shape index (κ3) is 2.19. The number of nitrogens with zero attached hydrogens (tertiary/aromatic N) is 4. The Balaban J connectivity index is 1.83. The summed E-state index contributed by atoms with van der Waals surface area (Å²) in [4.78, 5) is 8.05. The van der Waals surface area contributed by atoms with E-state index in [1.54, 1.807) is 6.33 Å². The largest absolute Gasteiger partial charge is 0.317 e. The highest BCUT2D eigenvalue weighted by Crippen LogP contribution is 2.22.